The highest BCUT2D eigenvalue weighted by molar-refractivity contribution is 7.99. The zero-order chi connectivity index (χ0) is 21.3. The number of aryl methyl sites for hydroxylation is 1. The van der Waals surface area contributed by atoms with Crippen LogP contribution in [0.5, 0.6) is 0 Å². The van der Waals surface area contributed by atoms with E-state index in [-0.39, 0.29) is 17.6 Å². The fourth-order valence-corrected chi connectivity index (χ4v) is 3.58. The molecule has 3 rings (SSSR count). The Labute approximate surface area is 179 Å². The SMILES string of the molecule is C=CCn1c(C)nnc1SCC(=O)Nc1ccccc1C(=O)NCc1ccccc1. The van der Waals surface area contributed by atoms with Crippen LogP contribution in [-0.2, 0) is 17.9 Å². The van der Waals surface area contributed by atoms with Crippen molar-refractivity contribution in [1.82, 2.24) is 20.1 Å². The van der Waals surface area contributed by atoms with Crippen LogP contribution in [0.1, 0.15) is 21.7 Å². The van der Waals surface area contributed by atoms with Crippen LogP contribution in [0.2, 0.25) is 0 Å². The van der Waals surface area contributed by atoms with Gasteiger partial charge >= 0.3 is 0 Å². The first-order valence-corrected chi connectivity index (χ1v) is 10.4. The molecule has 0 aliphatic heterocycles. The topological polar surface area (TPSA) is 88.9 Å². The number of nitrogens with zero attached hydrogens (tertiary/aromatic N) is 3. The van der Waals surface area contributed by atoms with E-state index in [1.807, 2.05) is 41.8 Å². The van der Waals surface area contributed by atoms with Crippen LogP contribution in [0.25, 0.3) is 0 Å². The van der Waals surface area contributed by atoms with E-state index in [0.29, 0.717) is 29.5 Å². The molecule has 7 nitrogen and oxygen atoms in total. The number of carbonyl (C=O) groups excluding carboxylic acids is 2. The Balaban J connectivity index is 1.60. The lowest BCUT2D eigenvalue weighted by Crippen LogP contribution is -2.25. The van der Waals surface area contributed by atoms with Gasteiger partial charge in [-0.3, -0.25) is 9.59 Å². The van der Waals surface area contributed by atoms with Gasteiger partial charge in [0.05, 0.1) is 17.0 Å². The van der Waals surface area contributed by atoms with Crippen molar-refractivity contribution in [1.29, 1.82) is 0 Å². The Morgan fingerprint density at radius 2 is 1.83 bits per heavy atom. The van der Waals surface area contributed by atoms with Gasteiger partial charge in [-0.05, 0) is 24.6 Å². The van der Waals surface area contributed by atoms with E-state index in [2.05, 4.69) is 27.4 Å². The molecule has 8 heteroatoms. The average molecular weight is 422 g/mol. The van der Waals surface area contributed by atoms with Crippen LogP contribution in [-0.4, -0.2) is 32.3 Å². The van der Waals surface area contributed by atoms with Gasteiger partial charge in [0, 0.05) is 13.1 Å². The Morgan fingerprint density at radius 1 is 1.10 bits per heavy atom. The second-order valence-electron chi connectivity index (χ2n) is 6.48. The molecule has 3 aromatic rings. The Bertz CT molecular complexity index is 1030. The van der Waals surface area contributed by atoms with E-state index < -0.39 is 0 Å². The molecular weight excluding hydrogens is 398 g/mol. The molecule has 0 unspecified atom stereocenters. The molecule has 154 valence electrons. The van der Waals surface area contributed by atoms with Gasteiger partial charge < -0.3 is 15.2 Å². The van der Waals surface area contributed by atoms with E-state index >= 15 is 0 Å². The number of aromatic nitrogens is 3. The van der Waals surface area contributed by atoms with E-state index in [9.17, 15) is 9.59 Å². The summed E-state index contributed by atoms with van der Waals surface area (Å²) in [5.41, 5.74) is 1.89. The minimum Gasteiger partial charge on any atom is -0.348 e. The molecule has 0 spiro atoms. The third-order valence-corrected chi connectivity index (χ3v) is 5.25. The highest BCUT2D eigenvalue weighted by atomic mass is 32.2. The maximum atomic E-state index is 12.6. The van der Waals surface area contributed by atoms with Crippen molar-refractivity contribution >= 4 is 29.3 Å². The first-order valence-electron chi connectivity index (χ1n) is 9.43. The van der Waals surface area contributed by atoms with Gasteiger partial charge in [0.1, 0.15) is 5.82 Å². The molecular formula is C22H23N5O2S. The molecule has 0 saturated carbocycles. The summed E-state index contributed by atoms with van der Waals surface area (Å²) in [6.07, 6.45) is 1.75. The van der Waals surface area contributed by atoms with Crippen molar-refractivity contribution in [2.45, 2.75) is 25.2 Å². The fraction of sp³-hybridized carbons (Fsp3) is 0.182. The molecule has 1 heterocycles. The highest BCUT2D eigenvalue weighted by Crippen LogP contribution is 2.19. The van der Waals surface area contributed by atoms with E-state index in [1.54, 1.807) is 30.3 Å². The molecule has 2 aromatic carbocycles. The number of thioether (sulfide) groups is 1. The summed E-state index contributed by atoms with van der Waals surface area (Å²) in [6, 6.07) is 16.6. The summed E-state index contributed by atoms with van der Waals surface area (Å²) in [4.78, 5) is 25.1. The van der Waals surface area contributed by atoms with Crippen LogP contribution >= 0.6 is 11.8 Å². The molecule has 30 heavy (non-hydrogen) atoms. The lowest BCUT2D eigenvalue weighted by molar-refractivity contribution is -0.113. The van der Waals surface area contributed by atoms with Gasteiger partial charge in [-0.25, -0.2) is 0 Å². The fourth-order valence-electron chi connectivity index (χ4n) is 2.79. The molecule has 2 amide bonds. The molecule has 0 fully saturated rings. The number of hydrogen-bond acceptors (Lipinski definition) is 5. The highest BCUT2D eigenvalue weighted by Gasteiger charge is 2.15. The quantitative estimate of drug-likeness (QED) is 0.408. The van der Waals surface area contributed by atoms with Crippen LogP contribution < -0.4 is 10.6 Å². The van der Waals surface area contributed by atoms with Gasteiger partial charge in [0.25, 0.3) is 5.91 Å². The summed E-state index contributed by atoms with van der Waals surface area (Å²) in [5.74, 6) is 0.436. The van der Waals surface area contributed by atoms with Gasteiger partial charge in [-0.1, -0.05) is 60.3 Å². The number of nitrogens with one attached hydrogen (secondary N) is 2. The minimum absolute atomic E-state index is 0.148. The number of allylic oxidation sites excluding steroid dienone is 1. The summed E-state index contributed by atoms with van der Waals surface area (Å²) in [5, 5.41) is 14.5. The molecule has 0 saturated heterocycles. The average Bonchev–Trinajstić information content (AvgIpc) is 3.11. The van der Waals surface area contributed by atoms with E-state index in [0.717, 1.165) is 11.4 Å². The van der Waals surface area contributed by atoms with Crippen LogP contribution in [0.3, 0.4) is 0 Å². The maximum Gasteiger partial charge on any atom is 0.253 e. The standard InChI is InChI=1S/C22H23N5O2S/c1-3-13-27-16(2)25-26-22(27)30-15-20(28)24-19-12-8-7-11-18(19)21(29)23-14-17-9-5-4-6-10-17/h3-12H,1,13-15H2,2H3,(H,23,29)(H,24,28). The van der Waals surface area contributed by atoms with E-state index in [4.69, 9.17) is 0 Å². The van der Waals surface area contributed by atoms with Gasteiger partial charge in [-0.2, -0.15) is 0 Å². The van der Waals surface area contributed by atoms with E-state index in [1.165, 1.54) is 11.8 Å². The third kappa shape index (κ3) is 5.57. The summed E-state index contributed by atoms with van der Waals surface area (Å²) < 4.78 is 1.88. The van der Waals surface area contributed by atoms with Crippen molar-refractivity contribution in [2.24, 2.45) is 0 Å². The summed E-state index contributed by atoms with van der Waals surface area (Å²) in [7, 11) is 0. The normalized spacial score (nSPS) is 10.4. The molecule has 0 bridgehead atoms. The lowest BCUT2D eigenvalue weighted by Gasteiger charge is -2.11. The zero-order valence-electron chi connectivity index (χ0n) is 16.7. The van der Waals surface area contributed by atoms with Crippen molar-refractivity contribution < 1.29 is 9.59 Å². The molecule has 0 aliphatic carbocycles. The molecule has 2 N–H and O–H groups in total. The number of hydrogen-bond donors (Lipinski definition) is 2. The number of carbonyl (C=O) groups is 2. The van der Waals surface area contributed by atoms with Crippen molar-refractivity contribution in [3.8, 4) is 0 Å². The summed E-state index contributed by atoms with van der Waals surface area (Å²) in [6.45, 7) is 6.57. The molecule has 0 aliphatic rings. The second kappa shape index (κ2) is 10.4. The zero-order valence-corrected chi connectivity index (χ0v) is 17.5. The van der Waals surface area contributed by atoms with Gasteiger partial charge in [0.2, 0.25) is 5.91 Å². The van der Waals surface area contributed by atoms with Crippen molar-refractivity contribution in [3.05, 3.63) is 84.2 Å². The molecule has 1 aromatic heterocycles. The second-order valence-corrected chi connectivity index (χ2v) is 7.42. The van der Waals surface area contributed by atoms with Crippen molar-refractivity contribution in [3.63, 3.8) is 0 Å². The van der Waals surface area contributed by atoms with Crippen molar-refractivity contribution in [2.75, 3.05) is 11.1 Å². The largest absolute Gasteiger partial charge is 0.348 e. The van der Waals surface area contributed by atoms with Gasteiger partial charge in [0.15, 0.2) is 5.16 Å². The maximum absolute atomic E-state index is 12.6. The predicted molar refractivity (Wildman–Crippen MR) is 118 cm³/mol. The number of para-hydroxylation sites is 1. The Kier molecular flexibility index (Phi) is 7.40. The predicted octanol–water partition coefficient (Wildman–Crippen LogP) is 3.43. The van der Waals surface area contributed by atoms with Crippen LogP contribution in [0.15, 0.2) is 72.4 Å². The lowest BCUT2D eigenvalue weighted by atomic mass is 10.1. The smallest absolute Gasteiger partial charge is 0.253 e. The first-order chi connectivity index (χ1) is 14.6. The number of benzene rings is 2. The molecule has 0 atom stereocenters. The first kappa shape index (κ1) is 21.3. The minimum atomic E-state index is -0.247. The number of anilines is 1. The van der Waals surface area contributed by atoms with Gasteiger partial charge in [-0.15, -0.1) is 16.8 Å². The monoisotopic (exact) mass is 421 g/mol. The summed E-state index contributed by atoms with van der Waals surface area (Å²) >= 11 is 1.29. The number of amides is 2. The van der Waals surface area contributed by atoms with Crippen LogP contribution in [0, 0.1) is 6.92 Å². The third-order valence-electron chi connectivity index (χ3n) is 4.29. The number of rotatable bonds is 9. The van der Waals surface area contributed by atoms with Crippen LogP contribution in [0.4, 0.5) is 5.69 Å². The molecule has 0 radical (unpaired) electrons. The Morgan fingerprint density at radius 3 is 2.60 bits per heavy atom. The Hall–Kier alpha value is -3.39.